The number of hydrogen-bond donors (Lipinski definition) is 2. The minimum Gasteiger partial charge on any atom is -0.383 e. The summed E-state index contributed by atoms with van der Waals surface area (Å²) in [6, 6.07) is 3.22. The Morgan fingerprint density at radius 1 is 1.60 bits per heavy atom. The number of pyridine rings is 1. The number of carbonyl (C=O) groups is 1. The number of aromatic nitrogens is 1. The molecule has 5 nitrogen and oxygen atoms in total. The molecule has 2 amide bonds. The van der Waals surface area contributed by atoms with Crippen LogP contribution in [0.25, 0.3) is 0 Å². The zero-order chi connectivity index (χ0) is 11.1. The van der Waals surface area contributed by atoms with Gasteiger partial charge in [0, 0.05) is 24.3 Å². The first kappa shape index (κ1) is 11.9. The summed E-state index contributed by atoms with van der Waals surface area (Å²) in [5.41, 5.74) is 0. The van der Waals surface area contributed by atoms with E-state index in [-0.39, 0.29) is 6.03 Å². The highest BCUT2D eigenvalue weighted by atomic mass is 79.9. The molecule has 0 spiro atoms. The van der Waals surface area contributed by atoms with E-state index in [0.717, 1.165) is 4.47 Å². The Morgan fingerprint density at radius 2 is 2.40 bits per heavy atom. The lowest BCUT2D eigenvalue weighted by atomic mass is 10.5. The van der Waals surface area contributed by atoms with E-state index in [1.165, 1.54) is 0 Å². The number of carbonyl (C=O) groups excluding carboxylic acids is 1. The first-order valence-electron chi connectivity index (χ1n) is 4.37. The van der Waals surface area contributed by atoms with E-state index < -0.39 is 0 Å². The summed E-state index contributed by atoms with van der Waals surface area (Å²) in [5.74, 6) is 0.508. The van der Waals surface area contributed by atoms with Crippen molar-refractivity contribution in [2.45, 2.75) is 0 Å². The highest BCUT2D eigenvalue weighted by Gasteiger charge is 2.00. The lowest BCUT2D eigenvalue weighted by molar-refractivity contribution is 0.198. The van der Waals surface area contributed by atoms with Crippen LogP contribution < -0.4 is 10.6 Å². The largest absolute Gasteiger partial charge is 0.383 e. The molecule has 0 fully saturated rings. The number of amides is 2. The number of urea groups is 1. The summed E-state index contributed by atoms with van der Waals surface area (Å²) in [6.07, 6.45) is 1.62. The third-order valence-electron chi connectivity index (χ3n) is 1.56. The zero-order valence-corrected chi connectivity index (χ0v) is 9.87. The summed E-state index contributed by atoms with van der Waals surface area (Å²) in [7, 11) is 1.58. The number of rotatable bonds is 4. The Hall–Kier alpha value is -1.14. The molecule has 0 bridgehead atoms. The Labute approximate surface area is 96.4 Å². The van der Waals surface area contributed by atoms with Crippen molar-refractivity contribution >= 4 is 27.8 Å². The summed E-state index contributed by atoms with van der Waals surface area (Å²) in [4.78, 5) is 15.2. The Bertz CT molecular complexity index is 316. The van der Waals surface area contributed by atoms with Crippen LogP contribution in [0.2, 0.25) is 0 Å². The smallest absolute Gasteiger partial charge is 0.320 e. The van der Waals surface area contributed by atoms with Gasteiger partial charge in [0.1, 0.15) is 5.82 Å². The molecule has 0 radical (unpaired) electrons. The average Bonchev–Trinajstić information content (AvgIpc) is 2.22. The van der Waals surface area contributed by atoms with Gasteiger partial charge in [0.25, 0.3) is 0 Å². The molecular weight excluding hydrogens is 262 g/mol. The maximum Gasteiger partial charge on any atom is 0.320 e. The van der Waals surface area contributed by atoms with E-state index >= 15 is 0 Å². The van der Waals surface area contributed by atoms with Crippen molar-refractivity contribution in [3.8, 4) is 0 Å². The van der Waals surface area contributed by atoms with Gasteiger partial charge in [0.05, 0.1) is 6.61 Å². The minimum atomic E-state index is -0.290. The van der Waals surface area contributed by atoms with Crippen molar-refractivity contribution in [1.82, 2.24) is 10.3 Å². The van der Waals surface area contributed by atoms with Crippen molar-refractivity contribution in [3.05, 3.63) is 22.8 Å². The summed E-state index contributed by atoms with van der Waals surface area (Å²) in [5, 5.41) is 5.21. The maximum atomic E-state index is 11.2. The fraction of sp³-hybridized carbons (Fsp3) is 0.333. The minimum absolute atomic E-state index is 0.290. The molecule has 0 saturated carbocycles. The predicted octanol–water partition coefficient (Wildman–Crippen LogP) is 1.61. The first-order chi connectivity index (χ1) is 7.22. The fourth-order valence-electron chi connectivity index (χ4n) is 0.877. The van der Waals surface area contributed by atoms with E-state index in [4.69, 9.17) is 4.74 Å². The molecule has 1 aromatic heterocycles. The van der Waals surface area contributed by atoms with Crippen molar-refractivity contribution in [1.29, 1.82) is 0 Å². The molecule has 2 N–H and O–H groups in total. The lowest BCUT2D eigenvalue weighted by Crippen LogP contribution is -2.31. The Morgan fingerprint density at radius 3 is 3.00 bits per heavy atom. The average molecular weight is 274 g/mol. The van der Waals surface area contributed by atoms with Gasteiger partial charge in [-0.1, -0.05) is 0 Å². The summed E-state index contributed by atoms with van der Waals surface area (Å²) < 4.78 is 5.66. The first-order valence-corrected chi connectivity index (χ1v) is 5.17. The van der Waals surface area contributed by atoms with Crippen LogP contribution >= 0.6 is 15.9 Å². The third kappa shape index (κ3) is 4.75. The third-order valence-corrected chi connectivity index (χ3v) is 2.03. The molecule has 0 atom stereocenters. The van der Waals surface area contributed by atoms with Gasteiger partial charge in [0.2, 0.25) is 0 Å². The molecule has 1 aromatic rings. The highest BCUT2D eigenvalue weighted by molar-refractivity contribution is 9.10. The fourth-order valence-corrected chi connectivity index (χ4v) is 1.11. The normalized spacial score (nSPS) is 9.73. The van der Waals surface area contributed by atoms with Crippen LogP contribution in [-0.4, -0.2) is 31.3 Å². The molecule has 0 aliphatic heterocycles. The molecule has 0 aliphatic carbocycles. The van der Waals surface area contributed by atoms with Crippen LogP contribution in [0.3, 0.4) is 0 Å². The maximum absolute atomic E-state index is 11.2. The monoisotopic (exact) mass is 273 g/mol. The summed E-state index contributed by atoms with van der Waals surface area (Å²) >= 11 is 3.26. The number of anilines is 1. The molecule has 1 rings (SSSR count). The van der Waals surface area contributed by atoms with E-state index in [0.29, 0.717) is 19.0 Å². The van der Waals surface area contributed by atoms with Crippen molar-refractivity contribution in [2.24, 2.45) is 0 Å². The molecule has 0 aromatic carbocycles. The van der Waals surface area contributed by atoms with Crippen molar-refractivity contribution in [2.75, 3.05) is 25.6 Å². The molecule has 0 aliphatic rings. The van der Waals surface area contributed by atoms with Crippen LogP contribution in [0.1, 0.15) is 0 Å². The van der Waals surface area contributed by atoms with Crippen molar-refractivity contribution < 1.29 is 9.53 Å². The zero-order valence-electron chi connectivity index (χ0n) is 8.29. The topological polar surface area (TPSA) is 63.2 Å². The second-order valence-electron chi connectivity index (χ2n) is 2.74. The van der Waals surface area contributed by atoms with E-state index in [1.54, 1.807) is 25.4 Å². The number of ether oxygens (including phenoxy) is 1. The van der Waals surface area contributed by atoms with E-state index in [2.05, 4.69) is 31.5 Å². The molecule has 15 heavy (non-hydrogen) atoms. The van der Waals surface area contributed by atoms with Crippen LogP contribution in [0, 0.1) is 0 Å². The predicted molar refractivity (Wildman–Crippen MR) is 60.8 cm³/mol. The molecule has 0 saturated heterocycles. The second kappa shape index (κ2) is 6.36. The van der Waals surface area contributed by atoms with Crippen molar-refractivity contribution in [3.63, 3.8) is 0 Å². The number of methoxy groups -OCH3 is 1. The van der Waals surface area contributed by atoms with Gasteiger partial charge in [-0.3, -0.25) is 5.32 Å². The quantitative estimate of drug-likeness (QED) is 0.820. The van der Waals surface area contributed by atoms with Gasteiger partial charge in [-0.25, -0.2) is 9.78 Å². The van der Waals surface area contributed by atoms with E-state index in [1.807, 2.05) is 0 Å². The van der Waals surface area contributed by atoms with Gasteiger partial charge >= 0.3 is 6.03 Å². The van der Waals surface area contributed by atoms with E-state index in [9.17, 15) is 4.79 Å². The molecule has 0 unspecified atom stereocenters. The molecular formula is C9H12BrN3O2. The van der Waals surface area contributed by atoms with Gasteiger partial charge in [-0.2, -0.15) is 0 Å². The van der Waals surface area contributed by atoms with Crippen LogP contribution in [0.5, 0.6) is 0 Å². The highest BCUT2D eigenvalue weighted by Crippen LogP contribution is 2.09. The van der Waals surface area contributed by atoms with Gasteiger partial charge in [-0.05, 0) is 28.1 Å². The van der Waals surface area contributed by atoms with Gasteiger partial charge < -0.3 is 10.1 Å². The van der Waals surface area contributed by atoms with Crippen LogP contribution in [0.15, 0.2) is 22.8 Å². The van der Waals surface area contributed by atoms with Gasteiger partial charge in [0.15, 0.2) is 0 Å². The lowest BCUT2D eigenvalue weighted by Gasteiger charge is -2.05. The molecule has 6 heteroatoms. The number of hydrogen-bond acceptors (Lipinski definition) is 3. The standard InChI is InChI=1S/C9H12BrN3O2/c1-15-5-4-11-9(14)13-8-3-2-7(10)6-12-8/h2-3,6H,4-5H2,1H3,(H2,11,12,13,14). The number of nitrogens with zero attached hydrogens (tertiary/aromatic N) is 1. The number of halogens is 1. The van der Waals surface area contributed by atoms with Gasteiger partial charge in [-0.15, -0.1) is 0 Å². The Kier molecular flexibility index (Phi) is 5.06. The number of nitrogens with one attached hydrogen (secondary N) is 2. The second-order valence-corrected chi connectivity index (χ2v) is 3.65. The molecule has 1 heterocycles. The van der Waals surface area contributed by atoms with Crippen LogP contribution in [-0.2, 0) is 4.74 Å². The van der Waals surface area contributed by atoms with Crippen LogP contribution in [0.4, 0.5) is 10.6 Å². The summed E-state index contributed by atoms with van der Waals surface area (Å²) in [6.45, 7) is 0.958. The molecule has 82 valence electrons. The SMILES string of the molecule is COCCNC(=O)Nc1ccc(Br)cn1. The Balaban J connectivity index is 2.34.